The predicted molar refractivity (Wildman–Crippen MR) is 73.2 cm³/mol. The molecule has 0 aliphatic carbocycles. The van der Waals surface area contributed by atoms with Crippen molar-refractivity contribution in [1.82, 2.24) is 18.6 Å². The van der Waals surface area contributed by atoms with E-state index in [1.54, 1.807) is 20.3 Å². The van der Waals surface area contributed by atoms with Crippen LogP contribution < -0.4 is 0 Å². The van der Waals surface area contributed by atoms with Crippen LogP contribution in [0.2, 0.25) is 5.15 Å². The first-order valence-electron chi connectivity index (χ1n) is 6.06. The van der Waals surface area contributed by atoms with E-state index in [-0.39, 0.29) is 5.92 Å². The Labute approximate surface area is 118 Å². The Balaban J connectivity index is 2.04. The van der Waals surface area contributed by atoms with Gasteiger partial charge in [0.2, 0.25) is 0 Å². The topological polar surface area (TPSA) is 66.4 Å². The average molecular weight is 305 g/mol. The van der Waals surface area contributed by atoms with Crippen molar-refractivity contribution in [3.63, 3.8) is 0 Å². The molecular formula is C11H17ClN4O2S. The summed E-state index contributed by atoms with van der Waals surface area (Å²) in [6.07, 6.45) is 4.67. The van der Waals surface area contributed by atoms with Gasteiger partial charge in [-0.25, -0.2) is 4.98 Å². The molecule has 0 bridgehead atoms. The van der Waals surface area contributed by atoms with E-state index in [0.29, 0.717) is 18.2 Å². The predicted octanol–water partition coefficient (Wildman–Crippen LogP) is 1.12. The fourth-order valence-corrected chi connectivity index (χ4v) is 3.45. The summed E-state index contributed by atoms with van der Waals surface area (Å²) in [7, 11) is -0.218. The molecule has 0 N–H and O–H groups in total. The van der Waals surface area contributed by atoms with Crippen LogP contribution in [-0.2, 0) is 10.2 Å². The molecule has 1 saturated heterocycles. The number of piperidine rings is 1. The summed E-state index contributed by atoms with van der Waals surface area (Å²) < 4.78 is 26.7. The van der Waals surface area contributed by atoms with Gasteiger partial charge >= 0.3 is 0 Å². The molecule has 1 aliphatic rings. The van der Waals surface area contributed by atoms with E-state index in [2.05, 4.69) is 9.97 Å². The standard InChI is InChI=1S/C11H17ClN4O2S/c1-15(2)19(17,18)16-5-3-9(4-6-16)10-7-13-8-11(12)14-10/h7-9H,3-6H2,1-2H3. The summed E-state index contributed by atoms with van der Waals surface area (Å²) in [5, 5.41) is 0.376. The van der Waals surface area contributed by atoms with Gasteiger partial charge in [-0.1, -0.05) is 11.6 Å². The number of hydrogen-bond donors (Lipinski definition) is 0. The third-order valence-electron chi connectivity index (χ3n) is 3.28. The second kappa shape index (κ2) is 5.70. The van der Waals surface area contributed by atoms with Crippen LogP contribution in [-0.4, -0.2) is 54.2 Å². The second-order valence-corrected chi connectivity index (χ2v) is 7.26. The minimum absolute atomic E-state index is 0.222. The van der Waals surface area contributed by atoms with Gasteiger partial charge in [-0.3, -0.25) is 4.98 Å². The summed E-state index contributed by atoms with van der Waals surface area (Å²) in [6.45, 7) is 0.999. The first-order valence-corrected chi connectivity index (χ1v) is 7.84. The van der Waals surface area contributed by atoms with Gasteiger partial charge in [-0.2, -0.15) is 17.0 Å². The molecule has 0 saturated carbocycles. The molecule has 1 aliphatic heterocycles. The van der Waals surface area contributed by atoms with Crippen molar-refractivity contribution < 1.29 is 8.42 Å². The van der Waals surface area contributed by atoms with Gasteiger partial charge in [-0.05, 0) is 12.8 Å². The van der Waals surface area contributed by atoms with Crippen molar-refractivity contribution in [3.05, 3.63) is 23.2 Å². The molecule has 0 radical (unpaired) electrons. The molecule has 0 atom stereocenters. The zero-order valence-corrected chi connectivity index (χ0v) is 12.5. The summed E-state index contributed by atoms with van der Waals surface area (Å²) in [6, 6.07) is 0. The average Bonchev–Trinajstić information content (AvgIpc) is 2.38. The summed E-state index contributed by atoms with van der Waals surface area (Å²) >= 11 is 5.82. The van der Waals surface area contributed by atoms with Crippen molar-refractivity contribution in [3.8, 4) is 0 Å². The van der Waals surface area contributed by atoms with Crippen LogP contribution in [0, 0.1) is 0 Å². The maximum atomic E-state index is 12.0. The second-order valence-electron chi connectivity index (χ2n) is 4.73. The lowest BCUT2D eigenvalue weighted by molar-refractivity contribution is 0.300. The van der Waals surface area contributed by atoms with Gasteiger partial charge in [0.1, 0.15) is 5.15 Å². The monoisotopic (exact) mass is 304 g/mol. The van der Waals surface area contributed by atoms with E-state index in [1.807, 2.05) is 0 Å². The van der Waals surface area contributed by atoms with Gasteiger partial charge in [0.15, 0.2) is 0 Å². The molecule has 1 fully saturated rings. The zero-order valence-electron chi connectivity index (χ0n) is 11.0. The molecule has 1 aromatic rings. The van der Waals surface area contributed by atoms with Crippen LogP contribution >= 0.6 is 11.6 Å². The van der Waals surface area contributed by atoms with Gasteiger partial charge in [0, 0.05) is 39.3 Å². The number of rotatable bonds is 3. The molecule has 106 valence electrons. The highest BCUT2D eigenvalue weighted by Gasteiger charge is 2.30. The summed E-state index contributed by atoms with van der Waals surface area (Å²) in [5.74, 6) is 0.222. The maximum absolute atomic E-state index is 12.0. The highest BCUT2D eigenvalue weighted by atomic mass is 35.5. The molecular weight excluding hydrogens is 288 g/mol. The Morgan fingerprint density at radius 3 is 2.47 bits per heavy atom. The Kier molecular flexibility index (Phi) is 4.39. The molecule has 1 aromatic heterocycles. The summed E-state index contributed by atoms with van der Waals surface area (Å²) in [5.41, 5.74) is 0.842. The lowest BCUT2D eigenvalue weighted by Gasteiger charge is -2.32. The largest absolute Gasteiger partial charge is 0.281 e. The molecule has 0 spiro atoms. The van der Waals surface area contributed by atoms with Crippen molar-refractivity contribution in [2.45, 2.75) is 18.8 Å². The normalized spacial score (nSPS) is 18.9. The first-order chi connectivity index (χ1) is 8.91. The van der Waals surface area contributed by atoms with Crippen LogP contribution in [0.1, 0.15) is 24.5 Å². The Bertz CT molecular complexity index is 541. The highest BCUT2D eigenvalue weighted by Crippen LogP contribution is 2.28. The Morgan fingerprint density at radius 1 is 1.32 bits per heavy atom. The molecule has 2 heterocycles. The van der Waals surface area contributed by atoms with Crippen LogP contribution in [0.15, 0.2) is 12.4 Å². The molecule has 6 nitrogen and oxygen atoms in total. The molecule has 0 unspecified atom stereocenters. The first kappa shape index (κ1) is 14.6. The third-order valence-corrected chi connectivity index (χ3v) is 5.41. The van der Waals surface area contributed by atoms with E-state index in [9.17, 15) is 8.42 Å². The van der Waals surface area contributed by atoms with Crippen LogP contribution in [0.3, 0.4) is 0 Å². The molecule has 2 rings (SSSR count). The van der Waals surface area contributed by atoms with Crippen molar-refractivity contribution in [2.24, 2.45) is 0 Å². The van der Waals surface area contributed by atoms with E-state index in [1.165, 1.54) is 14.8 Å². The van der Waals surface area contributed by atoms with Gasteiger partial charge < -0.3 is 0 Å². The van der Waals surface area contributed by atoms with E-state index in [4.69, 9.17) is 11.6 Å². The quantitative estimate of drug-likeness (QED) is 0.839. The fourth-order valence-electron chi connectivity index (χ4n) is 2.17. The maximum Gasteiger partial charge on any atom is 0.281 e. The van der Waals surface area contributed by atoms with E-state index >= 15 is 0 Å². The highest BCUT2D eigenvalue weighted by molar-refractivity contribution is 7.86. The van der Waals surface area contributed by atoms with Crippen LogP contribution in [0.5, 0.6) is 0 Å². The van der Waals surface area contributed by atoms with Gasteiger partial charge in [-0.15, -0.1) is 0 Å². The molecule has 19 heavy (non-hydrogen) atoms. The molecule has 0 aromatic carbocycles. The molecule has 0 amide bonds. The zero-order chi connectivity index (χ0) is 14.0. The van der Waals surface area contributed by atoms with Gasteiger partial charge in [0.05, 0.1) is 11.9 Å². The Morgan fingerprint density at radius 2 is 1.95 bits per heavy atom. The van der Waals surface area contributed by atoms with E-state index in [0.717, 1.165) is 18.5 Å². The van der Waals surface area contributed by atoms with Crippen LogP contribution in [0.4, 0.5) is 0 Å². The van der Waals surface area contributed by atoms with Gasteiger partial charge in [0.25, 0.3) is 10.2 Å². The number of nitrogens with zero attached hydrogens (tertiary/aromatic N) is 4. The smallest absolute Gasteiger partial charge is 0.260 e. The number of halogens is 1. The number of hydrogen-bond acceptors (Lipinski definition) is 4. The lowest BCUT2D eigenvalue weighted by Crippen LogP contribution is -2.44. The SMILES string of the molecule is CN(C)S(=O)(=O)N1CCC(c2cncc(Cl)n2)CC1. The summed E-state index contributed by atoms with van der Waals surface area (Å²) in [4.78, 5) is 8.26. The third kappa shape index (κ3) is 3.22. The minimum Gasteiger partial charge on any atom is -0.260 e. The lowest BCUT2D eigenvalue weighted by atomic mass is 9.95. The minimum atomic E-state index is -3.31. The van der Waals surface area contributed by atoms with Crippen molar-refractivity contribution >= 4 is 21.8 Å². The number of aromatic nitrogens is 2. The van der Waals surface area contributed by atoms with Crippen molar-refractivity contribution in [1.29, 1.82) is 0 Å². The molecule has 8 heteroatoms. The Hall–Kier alpha value is -0.760. The fraction of sp³-hybridized carbons (Fsp3) is 0.636. The van der Waals surface area contributed by atoms with E-state index < -0.39 is 10.2 Å². The van der Waals surface area contributed by atoms with Crippen LogP contribution in [0.25, 0.3) is 0 Å². The van der Waals surface area contributed by atoms with Crippen molar-refractivity contribution in [2.75, 3.05) is 27.2 Å².